The molecule has 0 fully saturated rings. The number of furan rings is 1. The van der Waals surface area contributed by atoms with E-state index in [0.717, 1.165) is 21.9 Å². The monoisotopic (exact) mass is 667 g/mol. The molecule has 11 rings (SSSR count). The number of rotatable bonds is 4. The predicted molar refractivity (Wildman–Crippen MR) is 217 cm³/mol. The maximum Gasteiger partial charge on any atom is 0.136 e. The molecule has 3 heterocycles. The fourth-order valence-electron chi connectivity index (χ4n) is 8.11. The summed E-state index contributed by atoms with van der Waals surface area (Å²) in [6.45, 7) is 0. The quantitative estimate of drug-likeness (QED) is 0.183. The molecule has 3 aromatic heterocycles. The van der Waals surface area contributed by atoms with Gasteiger partial charge in [0.05, 0.1) is 21.4 Å². The minimum Gasteiger partial charge on any atom is -0.456 e. The minimum absolute atomic E-state index is 0.911. The highest BCUT2D eigenvalue weighted by Gasteiger charge is 2.20. The maximum absolute atomic E-state index is 6.33. The third-order valence-electron chi connectivity index (χ3n) is 10.4. The summed E-state index contributed by atoms with van der Waals surface area (Å²) in [6, 6.07) is 63.6. The average Bonchev–Trinajstić information content (AvgIpc) is 3.88. The molecule has 0 unspecified atom stereocenters. The second-order valence-electron chi connectivity index (χ2n) is 13.2. The van der Waals surface area contributed by atoms with E-state index >= 15 is 0 Å². The number of hydrogen-bond acceptors (Lipinski definition) is 2. The number of nitrogens with zero attached hydrogens (tertiary/aromatic N) is 1. The third-order valence-corrected chi connectivity index (χ3v) is 11.7. The van der Waals surface area contributed by atoms with E-state index in [1.54, 1.807) is 0 Å². The van der Waals surface area contributed by atoms with Crippen molar-refractivity contribution >= 4 is 75.3 Å². The Balaban J connectivity index is 1.21. The van der Waals surface area contributed by atoms with Crippen molar-refractivity contribution in [3.63, 3.8) is 0 Å². The van der Waals surface area contributed by atoms with E-state index in [4.69, 9.17) is 4.42 Å². The highest BCUT2D eigenvalue weighted by atomic mass is 32.1. The van der Waals surface area contributed by atoms with E-state index in [1.165, 1.54) is 81.0 Å². The van der Waals surface area contributed by atoms with Gasteiger partial charge in [-0.3, -0.25) is 0 Å². The molecule has 0 atom stereocenters. The first-order chi connectivity index (χ1) is 25.3. The summed E-state index contributed by atoms with van der Waals surface area (Å²) in [5.74, 6) is 0. The van der Waals surface area contributed by atoms with Crippen molar-refractivity contribution in [2.24, 2.45) is 0 Å². The van der Waals surface area contributed by atoms with Crippen molar-refractivity contribution in [1.29, 1.82) is 0 Å². The molecule has 0 amide bonds. The molecule has 0 aliphatic heterocycles. The van der Waals surface area contributed by atoms with Gasteiger partial charge in [0.15, 0.2) is 0 Å². The van der Waals surface area contributed by atoms with Crippen LogP contribution in [0.2, 0.25) is 0 Å². The Labute approximate surface area is 298 Å². The minimum atomic E-state index is 0.911. The van der Waals surface area contributed by atoms with Crippen LogP contribution in [0.4, 0.5) is 0 Å². The molecule has 0 bridgehead atoms. The smallest absolute Gasteiger partial charge is 0.136 e. The van der Waals surface area contributed by atoms with Gasteiger partial charge in [0, 0.05) is 42.6 Å². The zero-order valence-electron chi connectivity index (χ0n) is 27.5. The van der Waals surface area contributed by atoms with Crippen LogP contribution in [0.15, 0.2) is 180 Å². The SMILES string of the molecule is c1ccc(-c2ccc3c(c2)c2ccccc2n3-c2cccc3c2sc2c(-c4ccccc4)cc(-c4cccc5oc6ccccc6c45)cc23)cc1. The maximum atomic E-state index is 6.33. The molecule has 2 nitrogen and oxygen atoms in total. The number of benzene rings is 8. The van der Waals surface area contributed by atoms with E-state index in [1.807, 2.05) is 17.4 Å². The van der Waals surface area contributed by atoms with E-state index in [-0.39, 0.29) is 0 Å². The van der Waals surface area contributed by atoms with Gasteiger partial charge in [0.2, 0.25) is 0 Å². The molecule has 0 N–H and O–H groups in total. The topological polar surface area (TPSA) is 18.1 Å². The lowest BCUT2D eigenvalue weighted by Crippen LogP contribution is -1.93. The molecule has 0 aliphatic carbocycles. The van der Waals surface area contributed by atoms with Gasteiger partial charge in [0.1, 0.15) is 11.2 Å². The summed E-state index contributed by atoms with van der Waals surface area (Å²) in [7, 11) is 0. The lowest BCUT2D eigenvalue weighted by molar-refractivity contribution is 0.669. The molecule has 0 aliphatic rings. The molecular formula is C48H29NOS. The summed E-state index contributed by atoms with van der Waals surface area (Å²) in [5.41, 5.74) is 12.7. The Morgan fingerprint density at radius 2 is 1.04 bits per heavy atom. The average molecular weight is 668 g/mol. The van der Waals surface area contributed by atoms with Gasteiger partial charge in [-0.2, -0.15) is 0 Å². The second-order valence-corrected chi connectivity index (χ2v) is 14.3. The van der Waals surface area contributed by atoms with Crippen molar-refractivity contribution in [3.8, 4) is 39.1 Å². The first-order valence-corrected chi connectivity index (χ1v) is 18.2. The Bertz CT molecular complexity index is 3130. The standard InChI is InChI=1S/C48H29NOS/c1-3-13-30(14-4-1)32-25-26-42-39(27-32)35-17-7-9-21-41(35)49(42)43-22-11-20-36-40-29-33(28-38(47(40)51-48(36)43)31-15-5-2-6-16-31)34-19-12-24-45-46(34)37-18-8-10-23-44(37)50-45/h1-29H. The lowest BCUT2D eigenvalue weighted by Gasteiger charge is -2.10. The number of fused-ring (bicyclic) bond motifs is 9. The van der Waals surface area contributed by atoms with Crippen LogP contribution in [-0.2, 0) is 0 Å². The van der Waals surface area contributed by atoms with Gasteiger partial charge in [-0.25, -0.2) is 0 Å². The molecule has 11 aromatic rings. The highest BCUT2D eigenvalue weighted by molar-refractivity contribution is 7.26. The van der Waals surface area contributed by atoms with E-state index in [9.17, 15) is 0 Å². The van der Waals surface area contributed by atoms with E-state index in [2.05, 4.69) is 174 Å². The van der Waals surface area contributed by atoms with Crippen molar-refractivity contribution in [1.82, 2.24) is 4.57 Å². The summed E-state index contributed by atoms with van der Waals surface area (Å²) < 4.78 is 11.4. The number of aromatic nitrogens is 1. The summed E-state index contributed by atoms with van der Waals surface area (Å²) in [5, 5.41) is 7.36. The Morgan fingerprint density at radius 1 is 0.373 bits per heavy atom. The second kappa shape index (κ2) is 11.0. The van der Waals surface area contributed by atoms with Gasteiger partial charge in [0.25, 0.3) is 0 Å². The van der Waals surface area contributed by atoms with Crippen molar-refractivity contribution < 1.29 is 4.42 Å². The van der Waals surface area contributed by atoms with Crippen LogP contribution >= 0.6 is 11.3 Å². The van der Waals surface area contributed by atoms with Crippen molar-refractivity contribution in [3.05, 3.63) is 176 Å². The fraction of sp³-hybridized carbons (Fsp3) is 0. The van der Waals surface area contributed by atoms with Gasteiger partial charge >= 0.3 is 0 Å². The highest BCUT2D eigenvalue weighted by Crippen LogP contribution is 2.47. The summed E-state index contributed by atoms with van der Waals surface area (Å²) >= 11 is 1.90. The normalized spacial score (nSPS) is 11.9. The number of para-hydroxylation sites is 2. The van der Waals surface area contributed by atoms with Gasteiger partial charge in [-0.05, 0) is 76.3 Å². The molecule has 0 saturated carbocycles. The Morgan fingerprint density at radius 3 is 1.90 bits per heavy atom. The van der Waals surface area contributed by atoms with Crippen LogP contribution in [0.5, 0.6) is 0 Å². The number of thiophene rings is 1. The molecule has 0 saturated heterocycles. The first-order valence-electron chi connectivity index (χ1n) is 17.3. The largest absolute Gasteiger partial charge is 0.456 e. The van der Waals surface area contributed by atoms with E-state index in [0.29, 0.717) is 0 Å². The molecule has 8 aromatic carbocycles. The van der Waals surface area contributed by atoms with Crippen LogP contribution in [-0.4, -0.2) is 4.57 Å². The molecule has 0 spiro atoms. The number of hydrogen-bond donors (Lipinski definition) is 0. The molecular weight excluding hydrogens is 639 g/mol. The van der Waals surface area contributed by atoms with E-state index < -0.39 is 0 Å². The molecule has 51 heavy (non-hydrogen) atoms. The molecule has 238 valence electrons. The van der Waals surface area contributed by atoms with Crippen LogP contribution in [0, 0.1) is 0 Å². The Kier molecular flexibility index (Phi) is 6.16. The van der Waals surface area contributed by atoms with Gasteiger partial charge < -0.3 is 8.98 Å². The van der Waals surface area contributed by atoms with Crippen LogP contribution in [0.1, 0.15) is 0 Å². The van der Waals surface area contributed by atoms with Gasteiger partial charge in [-0.1, -0.05) is 127 Å². The summed E-state index contributed by atoms with van der Waals surface area (Å²) in [6.07, 6.45) is 0. The molecule has 0 radical (unpaired) electrons. The fourth-order valence-corrected chi connectivity index (χ4v) is 9.43. The van der Waals surface area contributed by atoms with Crippen LogP contribution in [0.3, 0.4) is 0 Å². The van der Waals surface area contributed by atoms with Crippen LogP contribution < -0.4 is 0 Å². The predicted octanol–water partition coefficient (Wildman–Crippen LogP) is 14.1. The molecule has 3 heteroatoms. The van der Waals surface area contributed by atoms with Crippen molar-refractivity contribution in [2.75, 3.05) is 0 Å². The first kappa shape index (κ1) is 28.4. The summed E-state index contributed by atoms with van der Waals surface area (Å²) in [4.78, 5) is 0. The lowest BCUT2D eigenvalue weighted by atomic mass is 9.93. The van der Waals surface area contributed by atoms with Gasteiger partial charge in [-0.15, -0.1) is 11.3 Å². The zero-order valence-corrected chi connectivity index (χ0v) is 28.3. The van der Waals surface area contributed by atoms with Crippen LogP contribution in [0.25, 0.3) is 103 Å². The van der Waals surface area contributed by atoms with Crippen molar-refractivity contribution in [2.45, 2.75) is 0 Å². The third kappa shape index (κ3) is 4.29. The Hall–Kier alpha value is -6.42. The zero-order chi connectivity index (χ0) is 33.5.